The van der Waals surface area contributed by atoms with E-state index in [1.165, 1.54) is 61.2 Å². The second kappa shape index (κ2) is 14.3. The van der Waals surface area contributed by atoms with Crippen molar-refractivity contribution < 1.29 is 0 Å². The molecule has 0 fully saturated rings. The van der Waals surface area contributed by atoms with Crippen molar-refractivity contribution in [3.8, 4) is 61.6 Å². The minimum Gasteiger partial charge on any atom is -0.297 e. The summed E-state index contributed by atoms with van der Waals surface area (Å²) in [5.41, 5.74) is 17.1. The number of hydrogen-bond acceptors (Lipinski definition) is 1. The third-order valence-electron chi connectivity index (χ3n) is 9.52. The molecule has 0 saturated carbocycles. The van der Waals surface area contributed by atoms with Crippen molar-refractivity contribution in [2.75, 3.05) is 0 Å². The van der Waals surface area contributed by atoms with Gasteiger partial charge in [-0.1, -0.05) is 130 Å². The molecule has 6 aromatic carbocycles. The molecule has 0 aliphatic rings. The number of imidazole rings is 1. The molecular weight excluding hydrogens is 593 g/mol. The van der Waals surface area contributed by atoms with Gasteiger partial charge < -0.3 is 0 Å². The zero-order valence-electron chi connectivity index (χ0n) is 29.1. The quantitative estimate of drug-likeness (QED) is 0.146. The van der Waals surface area contributed by atoms with E-state index in [4.69, 9.17) is 4.98 Å². The molecule has 0 radical (unpaired) electrons. The van der Waals surface area contributed by atoms with Crippen LogP contribution in [0.2, 0.25) is 0 Å². The van der Waals surface area contributed by atoms with Crippen LogP contribution < -0.4 is 0 Å². The van der Waals surface area contributed by atoms with Gasteiger partial charge in [-0.25, -0.2) is 4.98 Å². The number of hydrogen-bond donors (Lipinski definition) is 0. The summed E-state index contributed by atoms with van der Waals surface area (Å²) in [4.78, 5) is 4.96. The number of benzene rings is 6. The van der Waals surface area contributed by atoms with Gasteiger partial charge in [-0.3, -0.25) is 4.57 Å². The summed E-state index contributed by atoms with van der Waals surface area (Å²) in [5.74, 6) is 0.948. The molecule has 0 amide bonds. The maximum absolute atomic E-state index is 4.96. The maximum Gasteiger partial charge on any atom is 0.144 e. The van der Waals surface area contributed by atoms with Gasteiger partial charge in [0.2, 0.25) is 0 Å². The van der Waals surface area contributed by atoms with Crippen LogP contribution in [0.1, 0.15) is 49.1 Å². The highest BCUT2D eigenvalue weighted by Gasteiger charge is 2.16. The molecule has 0 aliphatic heterocycles. The molecule has 7 rings (SSSR count). The number of aryl methyl sites for hydroxylation is 4. The predicted octanol–water partition coefficient (Wildman–Crippen LogP) is 12.7. The largest absolute Gasteiger partial charge is 0.297 e. The normalized spacial score (nSPS) is 11.2. The zero-order chi connectivity index (χ0) is 33.7. The van der Waals surface area contributed by atoms with Gasteiger partial charge in [-0.05, 0) is 124 Å². The van der Waals surface area contributed by atoms with E-state index in [0.29, 0.717) is 0 Å². The Morgan fingerprint density at radius 2 is 0.918 bits per heavy atom. The fourth-order valence-corrected chi connectivity index (χ4v) is 6.93. The summed E-state index contributed by atoms with van der Waals surface area (Å²) in [7, 11) is 0. The molecule has 7 aromatic rings. The van der Waals surface area contributed by atoms with E-state index in [1.54, 1.807) is 0 Å². The van der Waals surface area contributed by atoms with Crippen LogP contribution in [0, 0.1) is 13.8 Å². The van der Waals surface area contributed by atoms with Crippen LogP contribution in [0.4, 0.5) is 0 Å². The summed E-state index contributed by atoms with van der Waals surface area (Å²) in [6, 6.07) is 51.4. The lowest BCUT2D eigenvalue weighted by Gasteiger charge is -2.16. The monoisotopic (exact) mass is 636 g/mol. The summed E-state index contributed by atoms with van der Waals surface area (Å²) < 4.78 is 2.29. The minimum absolute atomic E-state index is 0.948. The highest BCUT2D eigenvalue weighted by molar-refractivity contribution is 5.82. The number of rotatable bonds is 10. The number of aromatic nitrogens is 2. The Balaban J connectivity index is 1.30. The molecule has 242 valence electrons. The average Bonchev–Trinajstić information content (AvgIpc) is 3.53. The van der Waals surface area contributed by atoms with Gasteiger partial charge in [0.05, 0.1) is 5.69 Å². The molecule has 0 atom stereocenters. The van der Waals surface area contributed by atoms with E-state index in [0.717, 1.165) is 48.5 Å². The SMILES string of the molecule is CCCc1ccc(-c2cc(-c3ccc(CCC)cc3)cc(-c3cccc(-c4ncc(C)n4-c4ccc(-c5ccccc5)cc4C)c3)c2)cc1. The number of nitrogens with zero attached hydrogens (tertiary/aromatic N) is 2. The van der Waals surface area contributed by atoms with Crippen LogP contribution in [-0.4, -0.2) is 9.55 Å². The molecule has 0 spiro atoms. The van der Waals surface area contributed by atoms with E-state index in [1.807, 2.05) is 6.20 Å². The standard InChI is InChI=1S/C47H44N2/c1-5-11-35-17-21-38(22-18-35)43-29-44(39-23-19-36(12-6-2)20-24-39)31-45(30-43)40-15-10-16-42(28-40)47-48-32-34(4)49(47)46-26-25-41(27-33(46)3)37-13-8-7-9-14-37/h7-10,13-32H,5-6,11-12H2,1-4H3. The van der Waals surface area contributed by atoms with Crippen LogP contribution in [0.5, 0.6) is 0 Å². The Bertz CT molecular complexity index is 2120. The molecule has 0 bridgehead atoms. The molecule has 2 nitrogen and oxygen atoms in total. The predicted molar refractivity (Wildman–Crippen MR) is 208 cm³/mol. The van der Waals surface area contributed by atoms with E-state index in [9.17, 15) is 0 Å². The molecule has 1 heterocycles. The Labute approximate surface area is 291 Å². The third-order valence-corrected chi connectivity index (χ3v) is 9.52. The lowest BCUT2D eigenvalue weighted by molar-refractivity contribution is 0.922. The van der Waals surface area contributed by atoms with Crippen LogP contribution in [0.25, 0.3) is 61.6 Å². The Hall–Kier alpha value is -5.47. The van der Waals surface area contributed by atoms with Crippen molar-refractivity contribution in [1.82, 2.24) is 9.55 Å². The molecule has 0 aliphatic carbocycles. The fraction of sp³-hybridized carbons (Fsp3) is 0.170. The lowest BCUT2D eigenvalue weighted by atomic mass is 9.92. The van der Waals surface area contributed by atoms with Crippen LogP contribution in [0.15, 0.2) is 146 Å². The van der Waals surface area contributed by atoms with Gasteiger partial charge in [0.1, 0.15) is 5.82 Å². The van der Waals surface area contributed by atoms with Crippen molar-refractivity contribution in [3.63, 3.8) is 0 Å². The summed E-state index contributed by atoms with van der Waals surface area (Å²) in [6.45, 7) is 8.80. The zero-order valence-corrected chi connectivity index (χ0v) is 29.1. The molecule has 0 saturated heterocycles. The third kappa shape index (κ3) is 6.91. The van der Waals surface area contributed by atoms with Gasteiger partial charge in [0.25, 0.3) is 0 Å². The Morgan fingerprint density at radius 1 is 0.449 bits per heavy atom. The molecule has 0 N–H and O–H groups in total. The maximum atomic E-state index is 4.96. The Morgan fingerprint density at radius 3 is 1.49 bits per heavy atom. The smallest absolute Gasteiger partial charge is 0.144 e. The topological polar surface area (TPSA) is 17.8 Å². The van der Waals surface area contributed by atoms with Crippen molar-refractivity contribution in [3.05, 3.63) is 168 Å². The van der Waals surface area contributed by atoms with Crippen molar-refractivity contribution >= 4 is 0 Å². The second-order valence-electron chi connectivity index (χ2n) is 13.2. The van der Waals surface area contributed by atoms with Gasteiger partial charge in [0.15, 0.2) is 0 Å². The highest BCUT2D eigenvalue weighted by Crippen LogP contribution is 2.36. The first-order valence-corrected chi connectivity index (χ1v) is 17.7. The fourth-order valence-electron chi connectivity index (χ4n) is 6.93. The van der Waals surface area contributed by atoms with Crippen LogP contribution in [-0.2, 0) is 12.8 Å². The second-order valence-corrected chi connectivity index (χ2v) is 13.2. The summed E-state index contributed by atoms with van der Waals surface area (Å²) in [5, 5.41) is 0. The average molecular weight is 637 g/mol. The van der Waals surface area contributed by atoms with Crippen molar-refractivity contribution in [2.45, 2.75) is 53.4 Å². The van der Waals surface area contributed by atoms with E-state index >= 15 is 0 Å². The van der Waals surface area contributed by atoms with E-state index in [-0.39, 0.29) is 0 Å². The minimum atomic E-state index is 0.948. The van der Waals surface area contributed by atoms with Crippen LogP contribution in [0.3, 0.4) is 0 Å². The van der Waals surface area contributed by atoms with Crippen LogP contribution >= 0.6 is 0 Å². The molecule has 0 unspecified atom stereocenters. The van der Waals surface area contributed by atoms with Gasteiger partial charge in [-0.15, -0.1) is 0 Å². The molecule has 2 heteroatoms. The first kappa shape index (κ1) is 32.1. The molecular formula is C47H44N2. The first-order chi connectivity index (χ1) is 24.0. The van der Waals surface area contributed by atoms with Gasteiger partial charge in [-0.2, -0.15) is 0 Å². The lowest BCUT2D eigenvalue weighted by Crippen LogP contribution is -2.02. The summed E-state index contributed by atoms with van der Waals surface area (Å²) in [6.07, 6.45) is 6.50. The molecule has 1 aromatic heterocycles. The highest BCUT2D eigenvalue weighted by atomic mass is 15.1. The van der Waals surface area contributed by atoms with Gasteiger partial charge >= 0.3 is 0 Å². The van der Waals surface area contributed by atoms with Crippen molar-refractivity contribution in [1.29, 1.82) is 0 Å². The first-order valence-electron chi connectivity index (χ1n) is 17.7. The van der Waals surface area contributed by atoms with E-state index in [2.05, 4.69) is 172 Å². The van der Waals surface area contributed by atoms with Gasteiger partial charge in [0, 0.05) is 17.5 Å². The van der Waals surface area contributed by atoms with E-state index < -0.39 is 0 Å². The summed E-state index contributed by atoms with van der Waals surface area (Å²) >= 11 is 0. The Kier molecular flexibility index (Phi) is 9.39. The van der Waals surface area contributed by atoms with Crippen molar-refractivity contribution in [2.24, 2.45) is 0 Å². The molecule has 49 heavy (non-hydrogen) atoms.